The highest BCUT2D eigenvalue weighted by atomic mass is 16.5. The van der Waals surface area contributed by atoms with Crippen LogP contribution in [0.2, 0.25) is 0 Å². The molecule has 0 bridgehead atoms. The monoisotopic (exact) mass is 309 g/mol. The van der Waals surface area contributed by atoms with Gasteiger partial charge in [-0.3, -0.25) is 4.90 Å². The van der Waals surface area contributed by atoms with Crippen LogP contribution >= 0.6 is 0 Å². The predicted octanol–water partition coefficient (Wildman–Crippen LogP) is 3.18. The van der Waals surface area contributed by atoms with E-state index in [9.17, 15) is 0 Å². The fraction of sp³-hybridized carbons (Fsp3) is 0.400. The lowest BCUT2D eigenvalue weighted by Crippen LogP contribution is -2.36. The molecule has 0 amide bonds. The molecule has 2 aromatic rings. The largest absolute Gasteiger partial charge is 0.379 e. The van der Waals surface area contributed by atoms with Crippen molar-refractivity contribution in [3.8, 4) is 0 Å². The molecule has 2 aliphatic heterocycles. The van der Waals surface area contributed by atoms with E-state index in [1.54, 1.807) is 0 Å². The van der Waals surface area contributed by atoms with E-state index in [-0.39, 0.29) is 0 Å². The van der Waals surface area contributed by atoms with Gasteiger partial charge in [-0.2, -0.15) is 0 Å². The number of nitrogens with zero attached hydrogens (tertiary/aromatic N) is 1. The van der Waals surface area contributed by atoms with E-state index in [0.29, 0.717) is 5.92 Å². The van der Waals surface area contributed by atoms with Gasteiger partial charge in [-0.15, -0.1) is 0 Å². The van der Waals surface area contributed by atoms with Crippen LogP contribution in [0.4, 0.5) is 0 Å². The first kappa shape index (κ1) is 14.9. The normalized spacial score (nSPS) is 21.8. The summed E-state index contributed by atoms with van der Waals surface area (Å²) < 4.78 is 11.4. The number of ether oxygens (including phenoxy) is 2. The van der Waals surface area contributed by atoms with Crippen molar-refractivity contribution in [1.82, 2.24) is 4.90 Å². The highest BCUT2D eigenvalue weighted by molar-refractivity contribution is 5.44. The molecule has 120 valence electrons. The molecule has 3 heteroatoms. The van der Waals surface area contributed by atoms with Crippen molar-refractivity contribution in [3.05, 3.63) is 70.8 Å². The lowest BCUT2D eigenvalue weighted by Gasteiger charge is -2.32. The van der Waals surface area contributed by atoms with Crippen LogP contribution in [0, 0.1) is 0 Å². The van der Waals surface area contributed by atoms with E-state index < -0.39 is 0 Å². The van der Waals surface area contributed by atoms with Crippen LogP contribution in [0.1, 0.15) is 28.2 Å². The maximum atomic E-state index is 5.87. The smallest absolute Gasteiger partial charge is 0.0720 e. The van der Waals surface area contributed by atoms with E-state index in [4.69, 9.17) is 9.47 Å². The molecule has 0 saturated carbocycles. The number of fused-ring (bicyclic) bond motifs is 1. The molecule has 0 aliphatic carbocycles. The van der Waals surface area contributed by atoms with Crippen molar-refractivity contribution in [2.24, 2.45) is 0 Å². The Kier molecular flexibility index (Phi) is 4.42. The van der Waals surface area contributed by atoms with Crippen molar-refractivity contribution in [3.63, 3.8) is 0 Å². The highest BCUT2D eigenvalue weighted by Gasteiger charge is 2.26. The fourth-order valence-electron chi connectivity index (χ4n) is 3.70. The molecule has 1 saturated heterocycles. The lowest BCUT2D eigenvalue weighted by molar-refractivity contribution is 0.0337. The van der Waals surface area contributed by atoms with E-state index in [0.717, 1.165) is 46.1 Å². The molecule has 0 spiro atoms. The molecular formula is C20H23NO2. The fourth-order valence-corrected chi connectivity index (χ4v) is 3.70. The Hall–Kier alpha value is -1.68. The molecule has 0 aromatic heterocycles. The molecule has 2 aliphatic rings. The van der Waals surface area contributed by atoms with Crippen LogP contribution in [-0.2, 0) is 22.6 Å². The molecule has 3 nitrogen and oxygen atoms in total. The maximum absolute atomic E-state index is 5.87. The van der Waals surface area contributed by atoms with Gasteiger partial charge < -0.3 is 9.47 Å². The third kappa shape index (κ3) is 3.18. The van der Waals surface area contributed by atoms with Crippen LogP contribution in [-0.4, -0.2) is 37.8 Å². The van der Waals surface area contributed by atoms with Crippen LogP contribution in [0.15, 0.2) is 48.5 Å². The molecule has 0 radical (unpaired) electrons. The van der Waals surface area contributed by atoms with Gasteiger partial charge in [0.25, 0.3) is 0 Å². The van der Waals surface area contributed by atoms with Crippen molar-refractivity contribution in [2.75, 3.05) is 32.9 Å². The minimum Gasteiger partial charge on any atom is -0.379 e. The highest BCUT2D eigenvalue weighted by Crippen LogP contribution is 2.35. The first-order valence-corrected chi connectivity index (χ1v) is 8.45. The SMILES string of the molecule is c1ccc(C2COCc3cccc(CN4CCOCC4)c32)cc1. The number of benzene rings is 2. The summed E-state index contributed by atoms with van der Waals surface area (Å²) in [5.41, 5.74) is 5.62. The summed E-state index contributed by atoms with van der Waals surface area (Å²) in [6.07, 6.45) is 0. The van der Waals surface area contributed by atoms with Crippen molar-refractivity contribution in [1.29, 1.82) is 0 Å². The molecule has 2 aromatic carbocycles. The Balaban J connectivity index is 1.68. The summed E-state index contributed by atoms with van der Waals surface area (Å²) >= 11 is 0. The zero-order valence-electron chi connectivity index (χ0n) is 13.4. The molecule has 23 heavy (non-hydrogen) atoms. The van der Waals surface area contributed by atoms with E-state index >= 15 is 0 Å². The van der Waals surface area contributed by atoms with Gasteiger partial charge in [-0.05, 0) is 22.3 Å². The minimum absolute atomic E-state index is 0.345. The summed E-state index contributed by atoms with van der Waals surface area (Å²) in [7, 11) is 0. The number of rotatable bonds is 3. The molecule has 4 rings (SSSR count). The number of morpholine rings is 1. The summed E-state index contributed by atoms with van der Waals surface area (Å²) in [6.45, 7) is 6.26. The molecule has 1 fully saturated rings. The third-order valence-electron chi connectivity index (χ3n) is 4.88. The second kappa shape index (κ2) is 6.83. The summed E-state index contributed by atoms with van der Waals surface area (Å²) in [4.78, 5) is 2.50. The third-order valence-corrected chi connectivity index (χ3v) is 4.88. The van der Waals surface area contributed by atoms with E-state index in [2.05, 4.69) is 53.4 Å². The Morgan fingerprint density at radius 3 is 2.57 bits per heavy atom. The zero-order chi connectivity index (χ0) is 15.5. The van der Waals surface area contributed by atoms with Crippen LogP contribution in [0.25, 0.3) is 0 Å². The Labute approximate surface area is 137 Å². The Morgan fingerprint density at radius 2 is 1.74 bits per heavy atom. The van der Waals surface area contributed by atoms with Crippen LogP contribution < -0.4 is 0 Å². The molecular weight excluding hydrogens is 286 g/mol. The first-order valence-electron chi connectivity index (χ1n) is 8.45. The molecule has 1 unspecified atom stereocenters. The molecule has 1 atom stereocenters. The van der Waals surface area contributed by atoms with Crippen molar-refractivity contribution < 1.29 is 9.47 Å². The second-order valence-corrected chi connectivity index (χ2v) is 6.36. The Bertz CT molecular complexity index is 650. The van der Waals surface area contributed by atoms with Gasteiger partial charge in [0.05, 0.1) is 26.4 Å². The molecule has 2 heterocycles. The quantitative estimate of drug-likeness (QED) is 0.869. The predicted molar refractivity (Wildman–Crippen MR) is 90.5 cm³/mol. The van der Waals surface area contributed by atoms with Crippen molar-refractivity contribution in [2.45, 2.75) is 19.1 Å². The number of hydrogen-bond acceptors (Lipinski definition) is 3. The summed E-state index contributed by atoms with van der Waals surface area (Å²) in [6, 6.07) is 17.4. The number of hydrogen-bond donors (Lipinski definition) is 0. The topological polar surface area (TPSA) is 21.7 Å². The van der Waals surface area contributed by atoms with Crippen LogP contribution in [0.5, 0.6) is 0 Å². The zero-order valence-corrected chi connectivity index (χ0v) is 13.4. The van der Waals surface area contributed by atoms with Gasteiger partial charge >= 0.3 is 0 Å². The maximum Gasteiger partial charge on any atom is 0.0720 e. The van der Waals surface area contributed by atoms with E-state index in [1.165, 1.54) is 22.3 Å². The van der Waals surface area contributed by atoms with Gasteiger partial charge in [0.2, 0.25) is 0 Å². The summed E-state index contributed by atoms with van der Waals surface area (Å²) in [5, 5.41) is 0. The average Bonchev–Trinajstić information content (AvgIpc) is 2.63. The van der Waals surface area contributed by atoms with Gasteiger partial charge in [0.1, 0.15) is 0 Å². The van der Waals surface area contributed by atoms with Gasteiger partial charge in [0, 0.05) is 25.6 Å². The average molecular weight is 309 g/mol. The lowest BCUT2D eigenvalue weighted by atomic mass is 9.84. The van der Waals surface area contributed by atoms with Crippen molar-refractivity contribution >= 4 is 0 Å². The van der Waals surface area contributed by atoms with Gasteiger partial charge in [-0.25, -0.2) is 0 Å². The van der Waals surface area contributed by atoms with E-state index in [1.807, 2.05) is 0 Å². The minimum atomic E-state index is 0.345. The molecule has 0 N–H and O–H groups in total. The second-order valence-electron chi connectivity index (χ2n) is 6.36. The van der Waals surface area contributed by atoms with Crippen LogP contribution in [0.3, 0.4) is 0 Å². The van der Waals surface area contributed by atoms with Gasteiger partial charge in [-0.1, -0.05) is 48.5 Å². The first-order chi connectivity index (χ1) is 11.4. The van der Waals surface area contributed by atoms with Gasteiger partial charge in [0.15, 0.2) is 0 Å². The Morgan fingerprint density at radius 1 is 0.913 bits per heavy atom. The standard InChI is InChI=1S/C20H23NO2/c1-2-5-16(6-3-1)19-15-23-14-18-8-4-7-17(20(18)19)13-21-9-11-22-12-10-21/h1-8,19H,9-15H2. The summed E-state index contributed by atoms with van der Waals surface area (Å²) in [5.74, 6) is 0.345.